The molecule has 2 aromatic carbocycles. The van der Waals surface area contributed by atoms with Crippen molar-refractivity contribution in [3.63, 3.8) is 0 Å². The molecule has 0 N–H and O–H groups in total. The molecule has 29 heavy (non-hydrogen) atoms. The van der Waals surface area contributed by atoms with Crippen LogP contribution in [0.4, 0.5) is 20.3 Å². The zero-order chi connectivity index (χ0) is 20.3. The quantitative estimate of drug-likeness (QED) is 0.427. The summed E-state index contributed by atoms with van der Waals surface area (Å²) in [5.74, 6) is -0.577. The number of benzene rings is 2. The fourth-order valence-corrected chi connectivity index (χ4v) is 4.39. The Hall–Kier alpha value is -2.65. The van der Waals surface area contributed by atoms with Gasteiger partial charge in [-0.3, -0.25) is 4.40 Å². The molecule has 3 heterocycles. The van der Waals surface area contributed by atoms with Crippen molar-refractivity contribution in [2.24, 2.45) is 0 Å². The van der Waals surface area contributed by atoms with Gasteiger partial charge in [0.1, 0.15) is 11.6 Å². The molecule has 6 nitrogen and oxygen atoms in total. The Labute approximate surface area is 173 Å². The summed E-state index contributed by atoms with van der Waals surface area (Å²) in [4.78, 5) is 8.75. The summed E-state index contributed by atoms with van der Waals surface area (Å²) in [6, 6.07) is 8.56. The fourth-order valence-electron chi connectivity index (χ4n) is 3.91. The van der Waals surface area contributed by atoms with E-state index in [-0.39, 0.29) is 5.39 Å². The van der Waals surface area contributed by atoms with Gasteiger partial charge >= 0.3 is 0 Å². The SMILES string of the molecule is Cc1nnc2nc(N3CCN(C)Cc4c(Br)cccc43)c3c(F)c(F)ccc3n12. The van der Waals surface area contributed by atoms with Gasteiger partial charge in [0.2, 0.25) is 0 Å². The van der Waals surface area contributed by atoms with Gasteiger partial charge in [-0.05, 0) is 38.2 Å². The zero-order valence-corrected chi connectivity index (χ0v) is 17.4. The molecule has 0 radical (unpaired) electrons. The van der Waals surface area contributed by atoms with Crippen molar-refractivity contribution in [1.82, 2.24) is 24.5 Å². The average molecular weight is 459 g/mol. The summed E-state index contributed by atoms with van der Waals surface area (Å²) in [7, 11) is 2.03. The van der Waals surface area contributed by atoms with Crippen molar-refractivity contribution in [2.45, 2.75) is 13.5 Å². The summed E-state index contributed by atoms with van der Waals surface area (Å²) in [6.07, 6.45) is 0. The Morgan fingerprint density at radius 1 is 1.07 bits per heavy atom. The third kappa shape index (κ3) is 2.79. The molecule has 2 aromatic heterocycles. The van der Waals surface area contributed by atoms with Crippen molar-refractivity contribution in [2.75, 3.05) is 25.0 Å². The number of hydrogen-bond acceptors (Lipinski definition) is 5. The van der Waals surface area contributed by atoms with Gasteiger partial charge in [0.25, 0.3) is 5.78 Å². The number of aryl methyl sites for hydroxylation is 1. The van der Waals surface area contributed by atoms with Crippen LogP contribution in [0.15, 0.2) is 34.8 Å². The molecule has 1 aliphatic rings. The summed E-state index contributed by atoms with van der Waals surface area (Å²) in [5, 5.41) is 8.32. The van der Waals surface area contributed by atoms with E-state index in [2.05, 4.69) is 36.0 Å². The molecular weight excluding hydrogens is 442 g/mol. The number of hydrogen-bond donors (Lipinski definition) is 0. The minimum Gasteiger partial charge on any atom is -0.324 e. The number of anilines is 2. The summed E-state index contributed by atoms with van der Waals surface area (Å²) >= 11 is 3.63. The molecule has 1 aliphatic heterocycles. The Morgan fingerprint density at radius 2 is 1.90 bits per heavy atom. The third-order valence-electron chi connectivity index (χ3n) is 5.32. The molecule has 5 rings (SSSR count). The van der Waals surface area contributed by atoms with Gasteiger partial charge in [0.15, 0.2) is 11.6 Å². The Morgan fingerprint density at radius 3 is 2.72 bits per heavy atom. The van der Waals surface area contributed by atoms with Crippen molar-refractivity contribution < 1.29 is 8.78 Å². The standard InChI is InChI=1S/C20H17BrF2N6/c1-11-25-26-20-24-19(17-16(29(11)20)7-6-14(22)18(17)23)28-9-8-27(2)10-12-13(21)4-3-5-15(12)28/h3-7H,8-10H2,1-2H3. The molecular formula is C20H17BrF2N6. The Balaban J connectivity index is 1.88. The molecule has 0 amide bonds. The van der Waals surface area contributed by atoms with Crippen LogP contribution < -0.4 is 4.90 Å². The second kappa shape index (κ2) is 6.70. The highest BCUT2D eigenvalue weighted by Crippen LogP contribution is 2.38. The van der Waals surface area contributed by atoms with Crippen molar-refractivity contribution in [1.29, 1.82) is 0 Å². The maximum Gasteiger partial charge on any atom is 0.257 e. The molecule has 9 heteroatoms. The molecule has 0 saturated carbocycles. The highest BCUT2D eigenvalue weighted by atomic mass is 79.9. The minimum atomic E-state index is -0.922. The summed E-state index contributed by atoms with van der Waals surface area (Å²) in [5.41, 5.74) is 2.46. The van der Waals surface area contributed by atoms with Crippen LogP contribution in [-0.4, -0.2) is 44.6 Å². The molecule has 0 fully saturated rings. The molecule has 0 aliphatic carbocycles. The molecule has 4 aromatic rings. The van der Waals surface area contributed by atoms with Gasteiger partial charge in [-0.2, -0.15) is 4.98 Å². The first-order chi connectivity index (χ1) is 14.0. The molecule has 0 bridgehead atoms. The lowest BCUT2D eigenvalue weighted by Gasteiger charge is -2.25. The lowest BCUT2D eigenvalue weighted by Crippen LogP contribution is -2.27. The largest absolute Gasteiger partial charge is 0.324 e. The second-order valence-electron chi connectivity index (χ2n) is 7.20. The van der Waals surface area contributed by atoms with E-state index in [0.717, 1.165) is 34.9 Å². The summed E-state index contributed by atoms with van der Waals surface area (Å²) in [6.45, 7) is 3.79. The third-order valence-corrected chi connectivity index (χ3v) is 6.07. The van der Waals surface area contributed by atoms with Gasteiger partial charge in [-0.1, -0.05) is 22.0 Å². The van der Waals surface area contributed by atoms with Crippen LogP contribution in [0.1, 0.15) is 11.4 Å². The van der Waals surface area contributed by atoms with Crippen molar-refractivity contribution >= 4 is 44.1 Å². The highest BCUT2D eigenvalue weighted by Gasteiger charge is 2.27. The van der Waals surface area contributed by atoms with Gasteiger partial charge < -0.3 is 9.80 Å². The lowest BCUT2D eigenvalue weighted by atomic mass is 10.1. The minimum absolute atomic E-state index is 0.121. The van der Waals surface area contributed by atoms with E-state index in [1.54, 1.807) is 17.4 Å². The van der Waals surface area contributed by atoms with Gasteiger partial charge in [-0.25, -0.2) is 8.78 Å². The Kier molecular flexibility index (Phi) is 4.25. The zero-order valence-electron chi connectivity index (χ0n) is 15.8. The monoisotopic (exact) mass is 458 g/mol. The maximum absolute atomic E-state index is 15.1. The van der Waals surface area contributed by atoms with E-state index < -0.39 is 11.6 Å². The van der Waals surface area contributed by atoms with E-state index >= 15 is 4.39 Å². The van der Waals surface area contributed by atoms with E-state index in [1.165, 1.54) is 0 Å². The van der Waals surface area contributed by atoms with Crippen LogP contribution >= 0.6 is 15.9 Å². The topological polar surface area (TPSA) is 49.6 Å². The van der Waals surface area contributed by atoms with E-state index in [9.17, 15) is 4.39 Å². The molecule has 148 valence electrons. The average Bonchev–Trinajstić information content (AvgIpc) is 2.98. The van der Waals surface area contributed by atoms with Crippen LogP contribution in [0.25, 0.3) is 16.7 Å². The fraction of sp³-hybridized carbons (Fsp3) is 0.250. The number of halogens is 3. The summed E-state index contributed by atoms with van der Waals surface area (Å²) < 4.78 is 32.0. The van der Waals surface area contributed by atoms with Crippen LogP contribution in [0.3, 0.4) is 0 Å². The van der Waals surface area contributed by atoms with Crippen molar-refractivity contribution in [3.05, 3.63) is 57.8 Å². The van der Waals surface area contributed by atoms with Crippen LogP contribution in [0.5, 0.6) is 0 Å². The number of nitrogens with zero attached hydrogens (tertiary/aromatic N) is 6. The normalized spacial score (nSPS) is 15.1. The lowest BCUT2D eigenvalue weighted by molar-refractivity contribution is 0.343. The molecule has 0 spiro atoms. The van der Waals surface area contributed by atoms with E-state index in [0.29, 0.717) is 29.5 Å². The number of aromatic nitrogens is 4. The smallest absolute Gasteiger partial charge is 0.257 e. The predicted molar refractivity (Wildman–Crippen MR) is 110 cm³/mol. The first-order valence-electron chi connectivity index (χ1n) is 9.18. The van der Waals surface area contributed by atoms with Crippen molar-refractivity contribution in [3.8, 4) is 0 Å². The number of fused-ring (bicyclic) bond motifs is 4. The molecule has 0 atom stereocenters. The van der Waals surface area contributed by atoms with Crippen LogP contribution in [0.2, 0.25) is 0 Å². The van der Waals surface area contributed by atoms with Gasteiger partial charge in [0, 0.05) is 35.4 Å². The highest BCUT2D eigenvalue weighted by molar-refractivity contribution is 9.10. The number of rotatable bonds is 1. The second-order valence-corrected chi connectivity index (χ2v) is 8.05. The van der Waals surface area contributed by atoms with E-state index in [4.69, 9.17) is 0 Å². The Bertz CT molecular complexity index is 1270. The molecule has 0 saturated heterocycles. The first-order valence-corrected chi connectivity index (χ1v) is 9.98. The first kappa shape index (κ1) is 18.4. The van der Waals surface area contributed by atoms with E-state index in [1.807, 2.05) is 30.1 Å². The van der Waals surface area contributed by atoms with Gasteiger partial charge in [-0.15, -0.1) is 10.2 Å². The van der Waals surface area contributed by atoms with Gasteiger partial charge in [0.05, 0.1) is 10.9 Å². The molecule has 0 unspecified atom stereocenters. The van der Waals surface area contributed by atoms with Crippen LogP contribution in [0, 0.1) is 18.6 Å². The number of likely N-dealkylation sites (N-methyl/N-ethyl adjacent to an activating group) is 1. The predicted octanol–water partition coefficient (Wildman–Crippen LogP) is 4.21. The van der Waals surface area contributed by atoms with Crippen LogP contribution in [-0.2, 0) is 6.54 Å². The maximum atomic E-state index is 15.1.